The summed E-state index contributed by atoms with van der Waals surface area (Å²) in [6.45, 7) is 0.601. The van der Waals surface area contributed by atoms with Crippen molar-refractivity contribution in [1.82, 2.24) is 19.9 Å². The molecule has 0 radical (unpaired) electrons. The molecule has 0 saturated carbocycles. The number of rotatable bonds is 10. The summed E-state index contributed by atoms with van der Waals surface area (Å²) in [6, 6.07) is 8.81. The summed E-state index contributed by atoms with van der Waals surface area (Å²) >= 11 is 0. The van der Waals surface area contributed by atoms with Crippen molar-refractivity contribution in [1.29, 1.82) is 0 Å². The van der Waals surface area contributed by atoms with E-state index < -0.39 is 24.0 Å². The van der Waals surface area contributed by atoms with E-state index in [0.29, 0.717) is 12.1 Å². The average Bonchev–Trinajstić information content (AvgIpc) is 3.50. The number of benzene rings is 1. The molecule has 2 unspecified atom stereocenters. The molecule has 10 heteroatoms. The standard InChI is InChI=1S/C24H25N5O5/c1-33-22(31)10-8-19(24(25)32)28-13-17-7-9-20(30)23(18(17)14-28)34-21(15-29-12-11-26-27-29)16-5-3-2-4-6-16/h2-7,9,11-13,19,21H,8,10,14-15H2,1H3,(H2,25,32). The van der Waals surface area contributed by atoms with Crippen LogP contribution in [0.15, 0.2) is 78.0 Å². The van der Waals surface area contributed by atoms with E-state index in [4.69, 9.17) is 10.5 Å². The summed E-state index contributed by atoms with van der Waals surface area (Å²) in [4.78, 5) is 38.3. The number of hydrogen-bond acceptors (Lipinski definition) is 8. The van der Waals surface area contributed by atoms with Crippen molar-refractivity contribution in [2.75, 3.05) is 13.7 Å². The minimum atomic E-state index is -0.727. The van der Waals surface area contributed by atoms with Crippen molar-refractivity contribution in [3.8, 4) is 0 Å². The monoisotopic (exact) mass is 463 g/mol. The number of nitrogens with zero attached hydrogens (tertiary/aromatic N) is 4. The van der Waals surface area contributed by atoms with Crippen LogP contribution in [-0.4, -0.2) is 57.2 Å². The van der Waals surface area contributed by atoms with Crippen molar-refractivity contribution in [2.24, 2.45) is 5.73 Å². The average molecular weight is 463 g/mol. The van der Waals surface area contributed by atoms with E-state index >= 15 is 0 Å². The number of ether oxygens (including phenoxy) is 2. The Kier molecular flexibility index (Phi) is 6.86. The van der Waals surface area contributed by atoms with Crippen LogP contribution >= 0.6 is 0 Å². The third kappa shape index (κ3) is 5.06. The molecule has 2 atom stereocenters. The molecular weight excluding hydrogens is 438 g/mol. The molecule has 2 aromatic rings. The Morgan fingerprint density at radius 2 is 2.00 bits per heavy atom. The number of methoxy groups -OCH3 is 1. The highest BCUT2D eigenvalue weighted by atomic mass is 16.5. The Labute approximate surface area is 196 Å². The van der Waals surface area contributed by atoms with Gasteiger partial charge in [-0.3, -0.25) is 14.4 Å². The van der Waals surface area contributed by atoms with Gasteiger partial charge in [-0.2, -0.15) is 0 Å². The van der Waals surface area contributed by atoms with Crippen LogP contribution in [0, 0.1) is 0 Å². The maximum Gasteiger partial charge on any atom is 0.305 e. The van der Waals surface area contributed by atoms with Gasteiger partial charge in [0.2, 0.25) is 11.7 Å². The van der Waals surface area contributed by atoms with Crippen LogP contribution in [-0.2, 0) is 30.4 Å². The number of allylic oxidation sites excluding steroid dienone is 2. The lowest BCUT2D eigenvalue weighted by Gasteiger charge is -2.26. The van der Waals surface area contributed by atoms with Crippen LogP contribution < -0.4 is 5.73 Å². The summed E-state index contributed by atoms with van der Waals surface area (Å²) in [5, 5.41) is 7.86. The summed E-state index contributed by atoms with van der Waals surface area (Å²) in [5.41, 5.74) is 7.91. The van der Waals surface area contributed by atoms with Gasteiger partial charge in [0, 0.05) is 30.9 Å². The highest BCUT2D eigenvalue weighted by Gasteiger charge is 2.34. The lowest BCUT2D eigenvalue weighted by atomic mass is 9.99. The zero-order valence-corrected chi connectivity index (χ0v) is 18.7. The Hall–Kier alpha value is -4.21. The van der Waals surface area contributed by atoms with Crippen molar-refractivity contribution in [3.63, 3.8) is 0 Å². The van der Waals surface area contributed by atoms with E-state index in [-0.39, 0.29) is 30.9 Å². The molecule has 0 fully saturated rings. The quantitative estimate of drug-likeness (QED) is 0.524. The summed E-state index contributed by atoms with van der Waals surface area (Å²) in [7, 11) is 1.29. The number of hydrogen-bond donors (Lipinski definition) is 1. The fourth-order valence-electron chi connectivity index (χ4n) is 3.99. The SMILES string of the molecule is COC(=O)CCC(C(N)=O)N1C=C2C=CC(=O)C(OC(Cn3ccnn3)c3ccccc3)=C2C1. The van der Waals surface area contributed by atoms with E-state index in [9.17, 15) is 14.4 Å². The van der Waals surface area contributed by atoms with Crippen molar-refractivity contribution in [3.05, 3.63) is 83.5 Å². The molecule has 1 aromatic carbocycles. The number of aromatic nitrogens is 3. The maximum atomic E-state index is 12.9. The van der Waals surface area contributed by atoms with Gasteiger partial charge >= 0.3 is 5.97 Å². The topological polar surface area (TPSA) is 130 Å². The number of amides is 1. The fraction of sp³-hybridized carbons (Fsp3) is 0.292. The second kappa shape index (κ2) is 10.2. The van der Waals surface area contributed by atoms with Gasteiger partial charge in [0.15, 0.2) is 5.76 Å². The first-order chi connectivity index (χ1) is 16.5. The molecule has 176 valence electrons. The number of ketones is 1. The smallest absolute Gasteiger partial charge is 0.305 e. The van der Waals surface area contributed by atoms with Gasteiger partial charge < -0.3 is 20.1 Å². The molecule has 2 N–H and O–H groups in total. The summed E-state index contributed by atoms with van der Waals surface area (Å²) in [6.07, 6.45) is 7.96. The van der Waals surface area contributed by atoms with Crippen LogP contribution in [0.25, 0.3) is 0 Å². The van der Waals surface area contributed by atoms with Crippen LogP contribution in [0.4, 0.5) is 0 Å². The molecule has 0 bridgehead atoms. The van der Waals surface area contributed by atoms with Gasteiger partial charge in [-0.05, 0) is 29.7 Å². The third-order valence-electron chi connectivity index (χ3n) is 5.74. The number of carbonyl (C=O) groups excluding carboxylic acids is 3. The second-order valence-corrected chi connectivity index (χ2v) is 7.94. The van der Waals surface area contributed by atoms with Crippen molar-refractivity contribution < 1.29 is 23.9 Å². The van der Waals surface area contributed by atoms with Gasteiger partial charge in [-0.1, -0.05) is 35.5 Å². The molecule has 2 aliphatic rings. The van der Waals surface area contributed by atoms with Gasteiger partial charge in [0.05, 0.1) is 19.9 Å². The van der Waals surface area contributed by atoms with Crippen molar-refractivity contribution in [2.45, 2.75) is 31.5 Å². The molecule has 0 spiro atoms. The highest BCUT2D eigenvalue weighted by Crippen LogP contribution is 2.34. The fourth-order valence-corrected chi connectivity index (χ4v) is 3.99. The van der Waals surface area contributed by atoms with E-state index in [0.717, 1.165) is 11.1 Å². The van der Waals surface area contributed by atoms with Gasteiger partial charge in [0.25, 0.3) is 0 Å². The first-order valence-electron chi connectivity index (χ1n) is 10.8. The van der Waals surface area contributed by atoms with Crippen LogP contribution in [0.3, 0.4) is 0 Å². The molecule has 4 rings (SSSR count). The lowest BCUT2D eigenvalue weighted by molar-refractivity contribution is -0.141. The maximum absolute atomic E-state index is 12.9. The van der Waals surface area contributed by atoms with E-state index in [1.54, 1.807) is 34.3 Å². The minimum Gasteiger partial charge on any atom is -0.479 e. The first-order valence-corrected chi connectivity index (χ1v) is 10.8. The van der Waals surface area contributed by atoms with Crippen LogP contribution in [0.2, 0.25) is 0 Å². The largest absolute Gasteiger partial charge is 0.479 e. The first kappa shape index (κ1) is 23.0. The van der Waals surface area contributed by atoms with Gasteiger partial charge in [0.1, 0.15) is 12.1 Å². The lowest BCUT2D eigenvalue weighted by Crippen LogP contribution is -2.41. The third-order valence-corrected chi connectivity index (χ3v) is 5.74. The van der Waals surface area contributed by atoms with Crippen molar-refractivity contribution >= 4 is 17.7 Å². The predicted molar refractivity (Wildman–Crippen MR) is 120 cm³/mol. The zero-order valence-electron chi connectivity index (χ0n) is 18.7. The van der Waals surface area contributed by atoms with E-state index in [1.807, 2.05) is 30.3 Å². The molecule has 34 heavy (non-hydrogen) atoms. The molecule has 1 aromatic heterocycles. The molecule has 10 nitrogen and oxygen atoms in total. The summed E-state index contributed by atoms with van der Waals surface area (Å²) < 4.78 is 12.6. The van der Waals surface area contributed by atoms with E-state index in [2.05, 4.69) is 15.0 Å². The highest BCUT2D eigenvalue weighted by molar-refractivity contribution is 6.06. The number of primary amides is 1. The number of fused-ring (bicyclic) bond motifs is 1. The van der Waals surface area contributed by atoms with Crippen LogP contribution in [0.1, 0.15) is 24.5 Å². The number of esters is 1. The Bertz CT molecular complexity index is 1150. The molecular formula is C24H25N5O5. The minimum absolute atomic E-state index is 0.0505. The number of nitrogens with two attached hydrogens (primary N) is 1. The van der Waals surface area contributed by atoms with Gasteiger partial charge in [-0.15, -0.1) is 5.10 Å². The predicted octanol–water partition coefficient (Wildman–Crippen LogP) is 1.44. The zero-order chi connectivity index (χ0) is 24.1. The Morgan fingerprint density at radius 3 is 2.68 bits per heavy atom. The summed E-state index contributed by atoms with van der Waals surface area (Å²) in [5.74, 6) is -1.04. The molecule has 1 amide bonds. The molecule has 2 heterocycles. The second-order valence-electron chi connectivity index (χ2n) is 7.94. The molecule has 1 aliphatic heterocycles. The number of carbonyl (C=O) groups is 3. The van der Waals surface area contributed by atoms with Gasteiger partial charge in [-0.25, -0.2) is 4.68 Å². The molecule has 1 aliphatic carbocycles. The Morgan fingerprint density at radius 1 is 1.21 bits per heavy atom. The normalized spacial score (nSPS) is 16.7. The Balaban J connectivity index is 1.60. The molecule has 0 saturated heterocycles. The van der Waals surface area contributed by atoms with Crippen LogP contribution in [0.5, 0.6) is 0 Å². The van der Waals surface area contributed by atoms with E-state index in [1.165, 1.54) is 13.2 Å².